The van der Waals surface area contributed by atoms with E-state index in [-0.39, 0.29) is 31.6 Å². The molecule has 0 aliphatic carbocycles. The van der Waals surface area contributed by atoms with Crippen molar-refractivity contribution in [1.29, 1.82) is 0 Å². The Kier molecular flexibility index (Phi) is 17.7. The summed E-state index contributed by atoms with van der Waals surface area (Å²) >= 11 is 0. The number of anilines is 1. The molecule has 4 unspecified atom stereocenters. The quantitative estimate of drug-likeness (QED) is 0.114. The molecule has 1 saturated heterocycles. The summed E-state index contributed by atoms with van der Waals surface area (Å²) in [6, 6.07) is 0. The molecular formula is C31H46N6O7. The highest BCUT2D eigenvalue weighted by Crippen LogP contribution is 2.28. The van der Waals surface area contributed by atoms with Crippen LogP contribution >= 0.6 is 0 Å². The lowest BCUT2D eigenvalue weighted by molar-refractivity contribution is -0.121. The summed E-state index contributed by atoms with van der Waals surface area (Å²) in [5.74, 6) is -0.356. The fourth-order valence-corrected chi connectivity index (χ4v) is 4.04. The van der Waals surface area contributed by atoms with E-state index in [1.54, 1.807) is 0 Å². The zero-order chi connectivity index (χ0) is 32.0. The van der Waals surface area contributed by atoms with Crippen molar-refractivity contribution in [2.45, 2.75) is 82.8 Å². The minimum atomic E-state index is -1.48. The van der Waals surface area contributed by atoms with Gasteiger partial charge in [0.25, 0.3) is 0 Å². The molecule has 13 nitrogen and oxygen atoms in total. The molecule has 44 heavy (non-hydrogen) atoms. The van der Waals surface area contributed by atoms with E-state index in [0.29, 0.717) is 6.42 Å². The molecule has 1 aliphatic heterocycles. The molecule has 2 heterocycles. The van der Waals surface area contributed by atoms with Gasteiger partial charge in [-0.25, -0.2) is 14.6 Å². The Hall–Kier alpha value is -4.07. The first-order valence-corrected chi connectivity index (χ1v) is 15.0. The lowest BCUT2D eigenvalue weighted by atomic mass is 10.1. The number of alkyl carbamates (subject to hydrolysis) is 1. The number of aromatic nitrogens is 3. The van der Waals surface area contributed by atoms with E-state index < -0.39 is 36.3 Å². The number of nitrogens with two attached hydrogens (primary N) is 1. The number of nitrogens with zero attached hydrogens (tertiary/aromatic N) is 3. The molecule has 2 rings (SSSR count). The van der Waals surface area contributed by atoms with Crippen molar-refractivity contribution in [3.63, 3.8) is 0 Å². The minimum absolute atomic E-state index is 0.114. The maximum absolute atomic E-state index is 12.0. The van der Waals surface area contributed by atoms with Crippen LogP contribution < -0.4 is 22.1 Å². The molecule has 6 N–H and O–H groups in total. The van der Waals surface area contributed by atoms with Crippen molar-refractivity contribution in [1.82, 2.24) is 25.2 Å². The highest BCUT2D eigenvalue weighted by Gasteiger charge is 2.44. The van der Waals surface area contributed by atoms with Gasteiger partial charge in [0.1, 0.15) is 31.2 Å². The second-order valence-corrected chi connectivity index (χ2v) is 9.93. The lowest BCUT2D eigenvalue weighted by Crippen LogP contribution is -2.38. The van der Waals surface area contributed by atoms with Crippen LogP contribution in [0.2, 0.25) is 0 Å². The van der Waals surface area contributed by atoms with E-state index in [4.69, 9.17) is 15.2 Å². The third kappa shape index (κ3) is 14.4. The summed E-state index contributed by atoms with van der Waals surface area (Å²) in [5, 5.41) is 25.6. The van der Waals surface area contributed by atoms with Gasteiger partial charge < -0.3 is 36.1 Å². The van der Waals surface area contributed by atoms with E-state index in [0.717, 1.165) is 55.8 Å². The van der Waals surface area contributed by atoms with Crippen LogP contribution in [-0.4, -0.2) is 74.8 Å². The fraction of sp³-hybridized carbons (Fsp3) is 0.516. The number of carbonyl (C=O) groups excluding carboxylic acids is 2. The molecule has 2 amide bonds. The molecule has 0 saturated carbocycles. The molecule has 1 aromatic heterocycles. The number of aliphatic hydroxyl groups is 2. The number of amides is 2. The van der Waals surface area contributed by atoms with Crippen LogP contribution in [0.5, 0.6) is 0 Å². The normalized spacial score (nSPS) is 20.5. The number of hydrogen-bond acceptors (Lipinski definition) is 10. The summed E-state index contributed by atoms with van der Waals surface area (Å²) in [4.78, 5) is 43.0. The number of hydrogen-bond donors (Lipinski definition) is 5. The lowest BCUT2D eigenvalue weighted by Gasteiger charge is -2.16. The Morgan fingerprint density at radius 1 is 0.955 bits per heavy atom. The average Bonchev–Trinajstić information content (AvgIpc) is 3.28. The van der Waals surface area contributed by atoms with E-state index >= 15 is 0 Å². The SMILES string of the molecule is CCC=CCC=CCC=CCC=CCC=CCCCC(=O)NCCNC(=O)OCC1OC(n2cnc(N)nc2=O)C(O)C1O. The Bertz CT molecular complexity index is 1210. The number of rotatable bonds is 19. The van der Waals surface area contributed by atoms with E-state index in [9.17, 15) is 24.6 Å². The van der Waals surface area contributed by atoms with E-state index in [1.807, 2.05) is 0 Å². The van der Waals surface area contributed by atoms with Crippen LogP contribution in [0.3, 0.4) is 0 Å². The second-order valence-electron chi connectivity index (χ2n) is 9.93. The fourth-order valence-electron chi connectivity index (χ4n) is 4.04. The molecule has 242 valence electrons. The van der Waals surface area contributed by atoms with Gasteiger partial charge in [0.05, 0.1) is 0 Å². The van der Waals surface area contributed by atoms with Crippen LogP contribution in [0.1, 0.15) is 64.5 Å². The molecule has 0 spiro atoms. The number of carbonyl (C=O) groups is 2. The van der Waals surface area contributed by atoms with Gasteiger partial charge in [-0.3, -0.25) is 9.36 Å². The number of ether oxygens (including phenoxy) is 2. The van der Waals surface area contributed by atoms with Gasteiger partial charge in [0.15, 0.2) is 6.23 Å². The molecule has 1 aromatic rings. The van der Waals surface area contributed by atoms with Gasteiger partial charge in [-0.1, -0.05) is 67.7 Å². The second kappa shape index (κ2) is 21.6. The Labute approximate surface area is 258 Å². The van der Waals surface area contributed by atoms with Gasteiger partial charge >= 0.3 is 11.8 Å². The van der Waals surface area contributed by atoms with Gasteiger partial charge in [0, 0.05) is 19.5 Å². The molecular weight excluding hydrogens is 568 g/mol. The third-order valence-electron chi connectivity index (χ3n) is 6.38. The largest absolute Gasteiger partial charge is 0.447 e. The predicted molar refractivity (Wildman–Crippen MR) is 167 cm³/mol. The van der Waals surface area contributed by atoms with Gasteiger partial charge in [0.2, 0.25) is 11.9 Å². The number of unbranched alkanes of at least 4 members (excludes halogenated alkanes) is 1. The van der Waals surface area contributed by atoms with Crippen LogP contribution in [0.25, 0.3) is 0 Å². The molecule has 1 fully saturated rings. The number of nitrogen functional groups attached to an aromatic ring is 1. The van der Waals surface area contributed by atoms with Crippen LogP contribution in [-0.2, 0) is 14.3 Å². The van der Waals surface area contributed by atoms with E-state index in [2.05, 4.69) is 88.3 Å². The summed E-state index contributed by atoms with van der Waals surface area (Å²) in [7, 11) is 0. The topological polar surface area (TPSA) is 191 Å². The highest BCUT2D eigenvalue weighted by molar-refractivity contribution is 5.75. The third-order valence-corrected chi connectivity index (χ3v) is 6.38. The Morgan fingerprint density at radius 2 is 1.55 bits per heavy atom. The summed E-state index contributed by atoms with van der Waals surface area (Å²) < 4.78 is 11.4. The smallest absolute Gasteiger partial charge is 0.407 e. The highest BCUT2D eigenvalue weighted by atomic mass is 16.6. The van der Waals surface area contributed by atoms with Crippen molar-refractivity contribution < 1.29 is 29.3 Å². The van der Waals surface area contributed by atoms with Gasteiger partial charge in [-0.2, -0.15) is 4.98 Å². The summed E-state index contributed by atoms with van der Waals surface area (Å²) in [6.45, 7) is 2.11. The van der Waals surface area contributed by atoms with Gasteiger partial charge in [-0.05, 0) is 44.9 Å². The van der Waals surface area contributed by atoms with Gasteiger partial charge in [-0.15, -0.1) is 0 Å². The van der Waals surface area contributed by atoms with E-state index in [1.165, 1.54) is 0 Å². The first kappa shape index (κ1) is 36.1. The first-order chi connectivity index (χ1) is 21.3. The molecule has 1 aliphatic rings. The van der Waals surface area contributed by atoms with Crippen molar-refractivity contribution in [3.05, 3.63) is 77.6 Å². The number of nitrogens with one attached hydrogen (secondary N) is 2. The maximum Gasteiger partial charge on any atom is 0.407 e. The maximum atomic E-state index is 12.0. The van der Waals surface area contributed by atoms with Crippen molar-refractivity contribution in [2.24, 2.45) is 0 Å². The van der Waals surface area contributed by atoms with Crippen LogP contribution in [0.15, 0.2) is 71.9 Å². The Morgan fingerprint density at radius 3 is 2.16 bits per heavy atom. The summed E-state index contributed by atoms with van der Waals surface area (Å²) in [5.41, 5.74) is 4.54. The van der Waals surface area contributed by atoms with Crippen LogP contribution in [0, 0.1) is 0 Å². The first-order valence-electron chi connectivity index (χ1n) is 15.0. The van der Waals surface area contributed by atoms with Crippen molar-refractivity contribution in [2.75, 3.05) is 25.4 Å². The minimum Gasteiger partial charge on any atom is -0.447 e. The molecule has 0 radical (unpaired) electrons. The standard InChI is InChI=1S/C31H46N6O7/c1-2-3-4-5-6-7-8-9-10-11-12-13-14-15-16-17-18-19-25(38)33-20-21-34-31(42)43-22-24-26(39)27(40)28(44-24)37-23-35-29(32)36-30(37)41/h3-4,6-7,9-10,12-13,15-16,23-24,26-28,39-40H,2,5,8,11,14,17-22H2,1H3,(H,33,38)(H,34,42)(H2,32,36,41). The average molecular weight is 615 g/mol. The van der Waals surface area contributed by atoms with Crippen molar-refractivity contribution in [3.8, 4) is 0 Å². The monoisotopic (exact) mass is 614 g/mol. The molecule has 0 aromatic carbocycles. The molecule has 4 atom stereocenters. The zero-order valence-corrected chi connectivity index (χ0v) is 25.3. The Balaban J connectivity index is 1.48. The number of allylic oxidation sites excluding steroid dienone is 10. The van der Waals surface area contributed by atoms with Crippen LogP contribution in [0.4, 0.5) is 10.7 Å². The molecule has 0 bridgehead atoms. The zero-order valence-electron chi connectivity index (χ0n) is 25.3. The molecule has 13 heteroatoms. The predicted octanol–water partition coefficient (Wildman–Crippen LogP) is 2.60. The summed E-state index contributed by atoms with van der Waals surface area (Å²) in [6.07, 6.45) is 23.1. The number of aliphatic hydroxyl groups excluding tert-OH is 2. The van der Waals surface area contributed by atoms with Crippen molar-refractivity contribution >= 4 is 17.9 Å².